The summed E-state index contributed by atoms with van der Waals surface area (Å²) in [4.78, 5) is 0. The molecule has 2 rings (SSSR count). The lowest BCUT2D eigenvalue weighted by Gasteiger charge is -2.36. The quantitative estimate of drug-likeness (QED) is 0.538. The molecule has 2 saturated carbocycles. The molecule has 0 heterocycles. The molecule has 0 aromatic rings. The van der Waals surface area contributed by atoms with Gasteiger partial charge in [0.05, 0.1) is 11.5 Å². The molecule has 0 radical (unpaired) electrons. The Morgan fingerprint density at radius 1 is 1.25 bits per heavy atom. The van der Waals surface area contributed by atoms with Gasteiger partial charge in [0.2, 0.25) is 0 Å². The van der Waals surface area contributed by atoms with E-state index in [1.807, 2.05) is 0 Å². The fourth-order valence-corrected chi connectivity index (χ4v) is 3.29. The summed E-state index contributed by atoms with van der Waals surface area (Å²) in [5, 5.41) is 9.27. The number of nitrogens with zero attached hydrogens (tertiary/aromatic N) is 1. The minimum absolute atomic E-state index is 0.0955. The van der Waals surface area contributed by atoms with Gasteiger partial charge < -0.3 is 0 Å². The highest BCUT2D eigenvalue weighted by atomic mass is 14.5. The lowest BCUT2D eigenvalue weighted by atomic mass is 9.66. The van der Waals surface area contributed by atoms with E-state index in [1.165, 1.54) is 38.5 Å². The molecule has 2 aliphatic rings. The van der Waals surface area contributed by atoms with Gasteiger partial charge in [-0.2, -0.15) is 5.26 Å². The molecule has 0 aromatic carbocycles. The van der Waals surface area contributed by atoms with Gasteiger partial charge in [0.25, 0.3) is 0 Å². The first-order valence-electron chi connectivity index (χ1n) is 5.21. The van der Waals surface area contributed by atoms with Crippen LogP contribution in [0.2, 0.25) is 0 Å². The van der Waals surface area contributed by atoms with Gasteiger partial charge in [-0.25, -0.2) is 0 Å². The van der Waals surface area contributed by atoms with Crippen LogP contribution in [0.25, 0.3) is 0 Å². The second-order valence-electron chi connectivity index (χ2n) is 4.57. The van der Waals surface area contributed by atoms with E-state index in [0.29, 0.717) is 5.92 Å². The van der Waals surface area contributed by atoms with Crippen LogP contribution in [-0.4, -0.2) is 0 Å². The lowest BCUT2D eigenvalue weighted by Crippen LogP contribution is -2.32. The Bertz CT molecular complexity index is 214. The Hall–Kier alpha value is -0.510. The van der Waals surface area contributed by atoms with E-state index in [-0.39, 0.29) is 5.41 Å². The molecule has 12 heavy (non-hydrogen) atoms. The van der Waals surface area contributed by atoms with E-state index in [0.717, 1.165) is 5.92 Å². The normalized spacial score (nSPS) is 46.7. The van der Waals surface area contributed by atoms with Crippen LogP contribution >= 0.6 is 0 Å². The van der Waals surface area contributed by atoms with Crippen molar-refractivity contribution in [2.75, 3.05) is 0 Å². The van der Waals surface area contributed by atoms with Crippen LogP contribution in [0.1, 0.15) is 45.4 Å². The summed E-state index contributed by atoms with van der Waals surface area (Å²) in [5.41, 5.74) is 0.0955. The molecule has 2 fully saturated rings. The highest BCUT2D eigenvalue weighted by molar-refractivity contribution is 5.10. The van der Waals surface area contributed by atoms with Crippen LogP contribution in [0.5, 0.6) is 0 Å². The Labute approximate surface area is 74.8 Å². The Kier molecular flexibility index (Phi) is 1.87. The van der Waals surface area contributed by atoms with Crippen molar-refractivity contribution >= 4 is 0 Å². The predicted octanol–water partition coefficient (Wildman–Crippen LogP) is 3.12. The van der Waals surface area contributed by atoms with E-state index in [1.54, 1.807) is 0 Å². The summed E-state index contributed by atoms with van der Waals surface area (Å²) in [6, 6.07) is 2.63. The van der Waals surface area contributed by atoms with Gasteiger partial charge >= 0.3 is 0 Å². The van der Waals surface area contributed by atoms with Gasteiger partial charge in [0.1, 0.15) is 0 Å². The summed E-state index contributed by atoms with van der Waals surface area (Å²) < 4.78 is 0. The van der Waals surface area contributed by atoms with Crippen LogP contribution in [0.15, 0.2) is 0 Å². The van der Waals surface area contributed by atoms with Gasteiger partial charge in [-0.1, -0.05) is 19.8 Å². The molecule has 0 bridgehead atoms. The van der Waals surface area contributed by atoms with Crippen molar-refractivity contribution in [1.29, 1.82) is 5.26 Å². The van der Waals surface area contributed by atoms with Crippen LogP contribution in [0.3, 0.4) is 0 Å². The molecule has 0 N–H and O–H groups in total. The maximum atomic E-state index is 9.27. The molecular formula is C11H17N. The third-order valence-electron chi connectivity index (χ3n) is 4.16. The SMILES string of the molecule is CC1CCC2CCCCC12C#N. The number of fused-ring (bicyclic) bond motifs is 1. The van der Waals surface area contributed by atoms with Crippen LogP contribution in [-0.2, 0) is 0 Å². The van der Waals surface area contributed by atoms with Crippen LogP contribution in [0, 0.1) is 28.6 Å². The minimum Gasteiger partial charge on any atom is -0.198 e. The van der Waals surface area contributed by atoms with Gasteiger partial charge in [0, 0.05) is 0 Å². The van der Waals surface area contributed by atoms with E-state index in [2.05, 4.69) is 13.0 Å². The number of hydrogen-bond acceptors (Lipinski definition) is 1. The molecule has 0 aliphatic heterocycles. The monoisotopic (exact) mass is 163 g/mol. The maximum Gasteiger partial charge on any atom is 0.0695 e. The Morgan fingerprint density at radius 2 is 2.08 bits per heavy atom. The summed E-state index contributed by atoms with van der Waals surface area (Å²) >= 11 is 0. The molecule has 3 unspecified atom stereocenters. The zero-order valence-electron chi connectivity index (χ0n) is 7.84. The molecule has 0 spiro atoms. The fourth-order valence-electron chi connectivity index (χ4n) is 3.29. The van der Waals surface area contributed by atoms with Crippen molar-refractivity contribution in [3.8, 4) is 6.07 Å². The van der Waals surface area contributed by atoms with Gasteiger partial charge in [-0.15, -0.1) is 0 Å². The summed E-state index contributed by atoms with van der Waals surface area (Å²) in [6.45, 7) is 2.27. The highest BCUT2D eigenvalue weighted by Crippen LogP contribution is 2.54. The second kappa shape index (κ2) is 2.76. The third-order valence-corrected chi connectivity index (χ3v) is 4.16. The highest BCUT2D eigenvalue weighted by Gasteiger charge is 2.49. The van der Waals surface area contributed by atoms with E-state index < -0.39 is 0 Å². The number of nitriles is 1. The van der Waals surface area contributed by atoms with Crippen LogP contribution < -0.4 is 0 Å². The predicted molar refractivity (Wildman–Crippen MR) is 48.4 cm³/mol. The number of rotatable bonds is 0. The maximum absolute atomic E-state index is 9.27. The van der Waals surface area contributed by atoms with Crippen molar-refractivity contribution in [1.82, 2.24) is 0 Å². The molecule has 1 heteroatoms. The van der Waals surface area contributed by atoms with Crippen molar-refractivity contribution in [3.05, 3.63) is 0 Å². The minimum atomic E-state index is 0.0955. The first-order valence-corrected chi connectivity index (χ1v) is 5.21. The largest absolute Gasteiger partial charge is 0.198 e. The van der Waals surface area contributed by atoms with E-state index in [4.69, 9.17) is 0 Å². The van der Waals surface area contributed by atoms with Crippen molar-refractivity contribution in [2.45, 2.75) is 45.4 Å². The Morgan fingerprint density at radius 3 is 2.75 bits per heavy atom. The first-order chi connectivity index (χ1) is 5.79. The second-order valence-corrected chi connectivity index (χ2v) is 4.57. The molecule has 2 aliphatic carbocycles. The fraction of sp³-hybridized carbons (Fsp3) is 0.909. The molecule has 66 valence electrons. The molecule has 0 amide bonds. The van der Waals surface area contributed by atoms with Crippen molar-refractivity contribution < 1.29 is 0 Å². The van der Waals surface area contributed by atoms with Crippen LogP contribution in [0.4, 0.5) is 0 Å². The lowest BCUT2D eigenvalue weighted by molar-refractivity contribution is 0.154. The number of hydrogen-bond donors (Lipinski definition) is 0. The molecular weight excluding hydrogens is 146 g/mol. The Balaban J connectivity index is 2.26. The molecule has 3 atom stereocenters. The van der Waals surface area contributed by atoms with Gasteiger partial charge in [-0.3, -0.25) is 0 Å². The summed E-state index contributed by atoms with van der Waals surface area (Å²) in [5.74, 6) is 1.40. The zero-order valence-corrected chi connectivity index (χ0v) is 7.84. The summed E-state index contributed by atoms with van der Waals surface area (Å²) in [6.07, 6.45) is 7.75. The van der Waals surface area contributed by atoms with E-state index in [9.17, 15) is 5.26 Å². The van der Waals surface area contributed by atoms with Crippen molar-refractivity contribution in [2.24, 2.45) is 17.3 Å². The van der Waals surface area contributed by atoms with Crippen molar-refractivity contribution in [3.63, 3.8) is 0 Å². The van der Waals surface area contributed by atoms with Gasteiger partial charge in [0.15, 0.2) is 0 Å². The standard InChI is InChI=1S/C11H17N/c1-9-5-6-10-4-2-3-7-11(9,10)8-12/h9-10H,2-7H2,1H3. The van der Waals surface area contributed by atoms with Gasteiger partial charge in [-0.05, 0) is 37.5 Å². The first kappa shape index (κ1) is 8.10. The molecule has 0 saturated heterocycles. The smallest absolute Gasteiger partial charge is 0.0695 e. The third kappa shape index (κ3) is 0.905. The average molecular weight is 163 g/mol. The molecule has 1 nitrogen and oxygen atoms in total. The topological polar surface area (TPSA) is 23.8 Å². The summed E-state index contributed by atoms with van der Waals surface area (Å²) in [7, 11) is 0. The molecule has 0 aromatic heterocycles. The average Bonchev–Trinajstić information content (AvgIpc) is 2.45. The zero-order chi connectivity index (χ0) is 8.60. The van der Waals surface area contributed by atoms with E-state index >= 15 is 0 Å².